The van der Waals surface area contributed by atoms with Gasteiger partial charge in [0.2, 0.25) is 0 Å². The molecule has 4 nitrogen and oxygen atoms in total. The molecule has 0 heterocycles. The van der Waals surface area contributed by atoms with Crippen LogP contribution in [-0.2, 0) is 0 Å². The Kier molecular flexibility index (Phi) is 13.9. The molecule has 0 aromatic heterocycles. The molecule has 0 saturated carbocycles. The average molecular weight is 509 g/mol. The van der Waals surface area contributed by atoms with Crippen LogP contribution in [0.15, 0.2) is 48.5 Å². The SMILES string of the molecule is CCCC(CC)Oc1ccc(OC(CC)CCC)c(C=CC(=O)c2ccccc2OC(CC)CCC)c1. The van der Waals surface area contributed by atoms with Crippen LogP contribution < -0.4 is 14.2 Å². The second kappa shape index (κ2) is 16.9. The van der Waals surface area contributed by atoms with Gasteiger partial charge in [0.25, 0.3) is 0 Å². The van der Waals surface area contributed by atoms with Gasteiger partial charge < -0.3 is 14.2 Å². The molecule has 0 fully saturated rings. The van der Waals surface area contributed by atoms with E-state index in [0.717, 1.165) is 74.8 Å². The number of allylic oxidation sites excluding steroid dienone is 1. The number of ketones is 1. The predicted molar refractivity (Wildman–Crippen MR) is 155 cm³/mol. The molecule has 2 aromatic carbocycles. The maximum Gasteiger partial charge on any atom is 0.189 e. The van der Waals surface area contributed by atoms with E-state index in [1.54, 1.807) is 6.08 Å². The molecule has 3 atom stereocenters. The second-order valence-electron chi connectivity index (χ2n) is 9.70. The van der Waals surface area contributed by atoms with Crippen LogP contribution in [0.2, 0.25) is 0 Å². The maximum atomic E-state index is 13.3. The van der Waals surface area contributed by atoms with E-state index in [1.807, 2.05) is 48.5 Å². The molecule has 0 bridgehead atoms. The Bertz CT molecular complexity index is 965. The number of carbonyl (C=O) groups is 1. The van der Waals surface area contributed by atoms with E-state index < -0.39 is 0 Å². The molecule has 0 radical (unpaired) electrons. The van der Waals surface area contributed by atoms with Crippen molar-refractivity contribution in [3.8, 4) is 17.2 Å². The van der Waals surface area contributed by atoms with Crippen LogP contribution in [0.3, 0.4) is 0 Å². The lowest BCUT2D eigenvalue weighted by atomic mass is 10.1. The van der Waals surface area contributed by atoms with Gasteiger partial charge in [-0.1, -0.05) is 72.9 Å². The molecular weight excluding hydrogens is 460 g/mol. The summed E-state index contributed by atoms with van der Waals surface area (Å²) in [6.07, 6.45) is 12.9. The Balaban J connectivity index is 2.35. The number of rotatable bonds is 18. The van der Waals surface area contributed by atoms with Crippen molar-refractivity contribution in [3.05, 3.63) is 59.7 Å². The van der Waals surface area contributed by atoms with E-state index in [4.69, 9.17) is 14.2 Å². The number of carbonyl (C=O) groups excluding carboxylic acids is 1. The van der Waals surface area contributed by atoms with Crippen molar-refractivity contribution in [2.75, 3.05) is 0 Å². The number of benzene rings is 2. The zero-order chi connectivity index (χ0) is 27.0. The Labute approximate surface area is 225 Å². The van der Waals surface area contributed by atoms with Crippen LogP contribution in [-0.4, -0.2) is 24.1 Å². The van der Waals surface area contributed by atoms with Crippen molar-refractivity contribution < 1.29 is 19.0 Å². The molecule has 0 spiro atoms. The molecule has 204 valence electrons. The van der Waals surface area contributed by atoms with Crippen molar-refractivity contribution >= 4 is 11.9 Å². The molecule has 2 rings (SSSR count). The summed E-state index contributed by atoms with van der Waals surface area (Å²) in [5.41, 5.74) is 1.43. The molecular formula is C33H48O4. The highest BCUT2D eigenvalue weighted by Crippen LogP contribution is 2.30. The number of para-hydroxylation sites is 1. The summed E-state index contributed by atoms with van der Waals surface area (Å²) < 4.78 is 18.9. The van der Waals surface area contributed by atoms with E-state index in [2.05, 4.69) is 41.5 Å². The van der Waals surface area contributed by atoms with Crippen molar-refractivity contribution in [2.45, 2.75) is 118 Å². The molecule has 4 heteroatoms. The Morgan fingerprint density at radius 3 is 1.81 bits per heavy atom. The molecule has 0 N–H and O–H groups in total. The third-order valence-electron chi connectivity index (χ3n) is 6.64. The lowest BCUT2D eigenvalue weighted by Gasteiger charge is -2.21. The lowest BCUT2D eigenvalue weighted by Crippen LogP contribution is -2.16. The third kappa shape index (κ3) is 9.91. The molecule has 3 unspecified atom stereocenters. The predicted octanol–water partition coefficient (Wildman–Crippen LogP) is 9.46. The topological polar surface area (TPSA) is 44.8 Å². The largest absolute Gasteiger partial charge is 0.490 e. The normalized spacial score (nSPS) is 13.8. The Morgan fingerprint density at radius 1 is 0.703 bits per heavy atom. The first kappa shape index (κ1) is 30.5. The molecule has 0 saturated heterocycles. The summed E-state index contributed by atoms with van der Waals surface area (Å²) in [7, 11) is 0. The first-order valence-electron chi connectivity index (χ1n) is 14.4. The minimum absolute atomic E-state index is 0.0859. The molecule has 0 amide bonds. The first-order valence-corrected chi connectivity index (χ1v) is 14.4. The fourth-order valence-electron chi connectivity index (χ4n) is 4.42. The van der Waals surface area contributed by atoms with Crippen molar-refractivity contribution in [1.29, 1.82) is 0 Å². The van der Waals surface area contributed by atoms with Gasteiger partial charge in [0.1, 0.15) is 17.2 Å². The van der Waals surface area contributed by atoms with Gasteiger partial charge in [-0.25, -0.2) is 0 Å². The van der Waals surface area contributed by atoms with E-state index in [0.29, 0.717) is 11.3 Å². The summed E-state index contributed by atoms with van der Waals surface area (Å²) in [5.74, 6) is 2.14. The number of hydrogen-bond donors (Lipinski definition) is 0. The fourth-order valence-corrected chi connectivity index (χ4v) is 4.42. The van der Waals surface area contributed by atoms with Gasteiger partial charge in [-0.3, -0.25) is 4.79 Å². The fraction of sp³-hybridized carbons (Fsp3) is 0.545. The minimum atomic E-state index is -0.0859. The van der Waals surface area contributed by atoms with Crippen molar-refractivity contribution in [3.63, 3.8) is 0 Å². The van der Waals surface area contributed by atoms with Crippen LogP contribution in [0.25, 0.3) is 6.08 Å². The van der Waals surface area contributed by atoms with Gasteiger partial charge in [-0.05, 0) is 81.0 Å². The van der Waals surface area contributed by atoms with E-state index in [1.165, 1.54) is 0 Å². The quantitative estimate of drug-likeness (QED) is 0.149. The second-order valence-corrected chi connectivity index (χ2v) is 9.70. The monoisotopic (exact) mass is 508 g/mol. The van der Waals surface area contributed by atoms with Crippen LogP contribution in [0.5, 0.6) is 17.2 Å². The van der Waals surface area contributed by atoms with E-state index >= 15 is 0 Å². The average Bonchev–Trinajstić information content (AvgIpc) is 2.92. The zero-order valence-electron chi connectivity index (χ0n) is 23.9. The molecule has 0 aliphatic heterocycles. The van der Waals surface area contributed by atoms with Crippen LogP contribution in [0.1, 0.15) is 115 Å². The van der Waals surface area contributed by atoms with Gasteiger partial charge >= 0.3 is 0 Å². The molecule has 0 aliphatic rings. The lowest BCUT2D eigenvalue weighted by molar-refractivity contribution is 0.103. The summed E-state index contributed by atoms with van der Waals surface area (Å²) in [5, 5.41) is 0. The number of hydrogen-bond acceptors (Lipinski definition) is 4. The van der Waals surface area contributed by atoms with Crippen molar-refractivity contribution in [1.82, 2.24) is 0 Å². The smallest absolute Gasteiger partial charge is 0.189 e. The summed E-state index contributed by atoms with van der Waals surface area (Å²) in [4.78, 5) is 13.3. The molecule has 2 aromatic rings. The van der Waals surface area contributed by atoms with Gasteiger partial charge in [-0.15, -0.1) is 0 Å². The molecule has 0 aliphatic carbocycles. The van der Waals surface area contributed by atoms with Crippen LogP contribution in [0, 0.1) is 0 Å². The van der Waals surface area contributed by atoms with E-state index in [-0.39, 0.29) is 24.1 Å². The summed E-state index contributed by atoms with van der Waals surface area (Å²) in [6.45, 7) is 12.9. The van der Waals surface area contributed by atoms with Gasteiger partial charge in [0, 0.05) is 5.56 Å². The highest BCUT2D eigenvalue weighted by atomic mass is 16.5. The Morgan fingerprint density at radius 2 is 1.24 bits per heavy atom. The van der Waals surface area contributed by atoms with Crippen LogP contribution in [0.4, 0.5) is 0 Å². The maximum absolute atomic E-state index is 13.3. The van der Waals surface area contributed by atoms with Gasteiger partial charge in [0.15, 0.2) is 5.78 Å². The summed E-state index contributed by atoms with van der Waals surface area (Å²) in [6, 6.07) is 13.5. The van der Waals surface area contributed by atoms with E-state index in [9.17, 15) is 4.79 Å². The highest BCUT2D eigenvalue weighted by Gasteiger charge is 2.16. The van der Waals surface area contributed by atoms with Gasteiger partial charge in [0.05, 0.1) is 23.9 Å². The van der Waals surface area contributed by atoms with Crippen LogP contribution >= 0.6 is 0 Å². The first-order chi connectivity index (χ1) is 18.0. The Hall–Kier alpha value is -2.75. The summed E-state index contributed by atoms with van der Waals surface area (Å²) >= 11 is 0. The zero-order valence-corrected chi connectivity index (χ0v) is 23.9. The number of ether oxygens (including phenoxy) is 3. The molecule has 37 heavy (non-hydrogen) atoms. The van der Waals surface area contributed by atoms with Crippen molar-refractivity contribution in [2.24, 2.45) is 0 Å². The van der Waals surface area contributed by atoms with Gasteiger partial charge in [-0.2, -0.15) is 0 Å². The standard InChI is InChI=1S/C33H48O4/c1-7-15-26(10-4)35-29-21-23-32(36-27(11-5)16-8-2)25(24-29)20-22-31(34)30-18-13-14-19-33(30)37-28(12-6)17-9-3/h13-14,18-24,26-28H,7-12,15-17H2,1-6H3. The highest BCUT2D eigenvalue weighted by molar-refractivity contribution is 6.08. The minimum Gasteiger partial charge on any atom is -0.490 e. The third-order valence-corrected chi connectivity index (χ3v) is 6.64.